The van der Waals surface area contributed by atoms with Crippen LogP contribution in [0.3, 0.4) is 0 Å². The molecule has 3 N–H and O–H groups in total. The van der Waals surface area contributed by atoms with Crippen LogP contribution in [0, 0.1) is 0 Å². The summed E-state index contributed by atoms with van der Waals surface area (Å²) in [6, 6.07) is 0. The average Bonchev–Trinajstić information content (AvgIpc) is 1.39. The van der Waals surface area contributed by atoms with Crippen LogP contribution in [0.1, 0.15) is 0 Å². The Labute approximate surface area is 38.4 Å². The lowest BCUT2D eigenvalue weighted by molar-refractivity contribution is 0.206. The van der Waals surface area contributed by atoms with E-state index < -0.39 is 0 Å². The van der Waals surface area contributed by atoms with Crippen molar-refractivity contribution in [3.63, 3.8) is 0 Å². The van der Waals surface area contributed by atoms with Gasteiger partial charge in [-0.2, -0.15) is 0 Å². The van der Waals surface area contributed by atoms with Crippen molar-refractivity contribution in [3.8, 4) is 0 Å². The second kappa shape index (κ2) is 20.8. The van der Waals surface area contributed by atoms with Crippen molar-refractivity contribution in [2.75, 3.05) is 21.2 Å². The Kier molecular flexibility index (Phi) is 32.2. The van der Waals surface area contributed by atoms with E-state index in [-0.39, 0.29) is 0 Å². The van der Waals surface area contributed by atoms with Crippen LogP contribution in [0.4, 0.5) is 0 Å². The fourth-order valence-corrected chi connectivity index (χ4v) is 0. The zero-order chi connectivity index (χ0) is 5.41. The molecular formula is C3H12N2O. The van der Waals surface area contributed by atoms with Gasteiger partial charge in [0, 0.05) is 0 Å². The molecule has 0 saturated carbocycles. The van der Waals surface area contributed by atoms with Gasteiger partial charge >= 0.3 is 0 Å². The van der Waals surface area contributed by atoms with Gasteiger partial charge in [0.2, 0.25) is 0 Å². The van der Waals surface area contributed by atoms with Crippen molar-refractivity contribution in [2.24, 2.45) is 5.90 Å². The summed E-state index contributed by atoms with van der Waals surface area (Å²) in [6.45, 7) is 0. The first-order chi connectivity index (χ1) is 2.83. The summed E-state index contributed by atoms with van der Waals surface area (Å²) in [5, 5.41) is 2.75. The second-order valence-corrected chi connectivity index (χ2v) is 0.736. The average molecular weight is 92.1 g/mol. The van der Waals surface area contributed by atoms with Gasteiger partial charge in [-0.1, -0.05) is 0 Å². The van der Waals surface area contributed by atoms with Crippen LogP contribution in [-0.2, 0) is 4.84 Å². The highest BCUT2D eigenvalue weighted by molar-refractivity contribution is 3.91. The highest BCUT2D eigenvalue weighted by Crippen LogP contribution is 1.14. The van der Waals surface area contributed by atoms with Gasteiger partial charge in [-0.25, -0.2) is 5.90 Å². The third kappa shape index (κ3) is 2230. The second-order valence-electron chi connectivity index (χ2n) is 0.736. The van der Waals surface area contributed by atoms with Gasteiger partial charge in [-0.15, -0.1) is 0 Å². The van der Waals surface area contributed by atoms with Crippen LogP contribution in [-0.4, -0.2) is 21.2 Å². The highest BCUT2D eigenvalue weighted by Gasteiger charge is 1.25. The van der Waals surface area contributed by atoms with Crippen LogP contribution in [0.2, 0.25) is 0 Å². The van der Waals surface area contributed by atoms with Gasteiger partial charge in [0.05, 0.1) is 7.11 Å². The number of nitrogens with one attached hydrogen (secondary N) is 1. The topological polar surface area (TPSA) is 47.3 Å². The molecule has 0 aliphatic carbocycles. The Balaban J connectivity index is 0. The van der Waals surface area contributed by atoms with Gasteiger partial charge in [0.15, 0.2) is 0 Å². The summed E-state index contributed by atoms with van der Waals surface area (Å²) >= 11 is 0. The molecule has 0 fully saturated rings. The normalized spacial score (nSPS) is 6.00. The van der Waals surface area contributed by atoms with Crippen molar-refractivity contribution in [1.82, 2.24) is 5.32 Å². The van der Waals surface area contributed by atoms with Gasteiger partial charge in [0.1, 0.15) is 0 Å². The Morgan fingerprint density at radius 1 is 1.50 bits per heavy atom. The highest BCUT2D eigenvalue weighted by atomic mass is 16.6. The fourth-order valence-electron chi connectivity index (χ4n) is 0. The molecule has 0 aromatic carbocycles. The lowest BCUT2D eigenvalue weighted by Crippen LogP contribution is -1.89. The maximum absolute atomic E-state index is 4.35. The minimum absolute atomic E-state index is 1.40. The van der Waals surface area contributed by atoms with Crippen LogP contribution in [0.5, 0.6) is 0 Å². The van der Waals surface area contributed by atoms with E-state index in [9.17, 15) is 0 Å². The minimum atomic E-state index is 1.40. The predicted molar refractivity (Wildman–Crippen MR) is 26.2 cm³/mol. The van der Waals surface area contributed by atoms with E-state index in [0.717, 1.165) is 0 Å². The number of hydrogen-bond donors (Lipinski definition) is 2. The molecule has 0 amide bonds. The van der Waals surface area contributed by atoms with Gasteiger partial charge in [-0.05, 0) is 14.1 Å². The van der Waals surface area contributed by atoms with Crippen LogP contribution in [0.15, 0.2) is 0 Å². The quantitative estimate of drug-likeness (QED) is 0.390. The Hall–Kier alpha value is -0.120. The lowest BCUT2D eigenvalue weighted by atomic mass is 11.3. The maximum atomic E-state index is 4.35. The van der Waals surface area contributed by atoms with Crippen molar-refractivity contribution in [3.05, 3.63) is 0 Å². The molecule has 0 radical (unpaired) electrons. The third-order valence-electron chi connectivity index (χ3n) is 0. The molecule has 0 spiro atoms. The fraction of sp³-hybridized carbons (Fsp3) is 1.00. The first kappa shape index (κ1) is 9.30. The van der Waals surface area contributed by atoms with Crippen LogP contribution < -0.4 is 11.2 Å². The molecule has 40 valence electrons. The number of hydrogen-bond acceptors (Lipinski definition) is 3. The Morgan fingerprint density at radius 2 is 1.50 bits per heavy atom. The molecule has 0 heterocycles. The van der Waals surface area contributed by atoms with E-state index >= 15 is 0 Å². The summed E-state index contributed by atoms with van der Waals surface area (Å²) in [4.78, 5) is 3.75. The summed E-state index contributed by atoms with van der Waals surface area (Å²) in [7, 11) is 5.15. The first-order valence-corrected chi connectivity index (χ1v) is 1.64. The van der Waals surface area contributed by atoms with E-state index in [2.05, 4.69) is 16.1 Å². The first-order valence-electron chi connectivity index (χ1n) is 1.64. The molecule has 3 heteroatoms. The van der Waals surface area contributed by atoms with Gasteiger partial charge < -0.3 is 10.2 Å². The van der Waals surface area contributed by atoms with Crippen molar-refractivity contribution in [1.29, 1.82) is 0 Å². The molecule has 0 aliphatic rings. The van der Waals surface area contributed by atoms with E-state index in [1.165, 1.54) is 7.11 Å². The standard InChI is InChI=1S/C2H7N.CH5NO/c2*1-3-2/h3H,1-2H3;2H2,1H3. The number of rotatable bonds is 0. The smallest absolute Gasteiger partial charge is 0.0569 e. The SMILES string of the molecule is CNC.CON. The maximum Gasteiger partial charge on any atom is 0.0569 e. The monoisotopic (exact) mass is 92.1 g/mol. The summed E-state index contributed by atoms with van der Waals surface area (Å²) in [6.07, 6.45) is 0. The van der Waals surface area contributed by atoms with E-state index in [0.29, 0.717) is 0 Å². The molecule has 0 saturated heterocycles. The Bertz CT molecular complexity index is 10.8. The summed E-state index contributed by atoms with van der Waals surface area (Å²) in [5.74, 6) is 4.35. The summed E-state index contributed by atoms with van der Waals surface area (Å²) in [5.41, 5.74) is 0. The lowest BCUT2D eigenvalue weighted by Gasteiger charge is -1.62. The van der Waals surface area contributed by atoms with Crippen molar-refractivity contribution in [2.45, 2.75) is 0 Å². The van der Waals surface area contributed by atoms with Crippen LogP contribution >= 0.6 is 0 Å². The minimum Gasteiger partial charge on any atom is -0.323 e. The zero-order valence-electron chi connectivity index (χ0n) is 4.49. The Morgan fingerprint density at radius 3 is 1.50 bits per heavy atom. The molecule has 3 nitrogen and oxygen atoms in total. The molecule has 6 heavy (non-hydrogen) atoms. The van der Waals surface area contributed by atoms with Crippen molar-refractivity contribution < 1.29 is 4.84 Å². The molecule has 0 atom stereocenters. The molecule has 0 aliphatic heterocycles. The van der Waals surface area contributed by atoms with Crippen LogP contribution in [0.25, 0.3) is 0 Å². The largest absolute Gasteiger partial charge is 0.323 e. The van der Waals surface area contributed by atoms with Gasteiger partial charge in [-0.3, -0.25) is 0 Å². The predicted octanol–water partition coefficient (Wildman–Crippen LogP) is -0.658. The molecule has 0 aromatic rings. The van der Waals surface area contributed by atoms with Gasteiger partial charge in [0.25, 0.3) is 0 Å². The molecular weight excluding hydrogens is 80.0 g/mol. The number of nitrogens with two attached hydrogens (primary N) is 1. The molecule has 0 unspecified atom stereocenters. The molecule has 0 bridgehead atoms. The van der Waals surface area contributed by atoms with E-state index in [4.69, 9.17) is 0 Å². The third-order valence-corrected chi connectivity index (χ3v) is 0. The van der Waals surface area contributed by atoms with Crippen molar-refractivity contribution >= 4 is 0 Å². The van der Waals surface area contributed by atoms with E-state index in [1.807, 2.05) is 14.1 Å². The summed E-state index contributed by atoms with van der Waals surface area (Å²) < 4.78 is 0. The van der Waals surface area contributed by atoms with E-state index in [1.54, 1.807) is 0 Å². The zero-order valence-corrected chi connectivity index (χ0v) is 4.49. The molecule has 0 rings (SSSR count). The molecule has 0 aromatic heterocycles.